The molecule has 2 rings (SSSR count). The van der Waals surface area contributed by atoms with E-state index in [0.29, 0.717) is 0 Å². The van der Waals surface area contributed by atoms with Crippen LogP contribution in [-0.2, 0) is 14.2 Å². The lowest BCUT2D eigenvalue weighted by atomic mass is 9.98. The Morgan fingerprint density at radius 3 is 2.05 bits per heavy atom. The van der Waals surface area contributed by atoms with Gasteiger partial charge in [-0.2, -0.15) is 0 Å². The molecule has 0 spiro atoms. The average molecular weight is 326 g/mol. The Balaban J connectivity index is 2.07. The second kappa shape index (κ2) is 7.45. The van der Waals surface area contributed by atoms with Crippen LogP contribution in [0.25, 0.3) is 0 Å². The van der Waals surface area contributed by atoms with Gasteiger partial charge in [0.05, 0.1) is 19.3 Å². The topological polar surface area (TPSA) is 169 Å². The molecule has 2 heterocycles. The number of ether oxygens (including phenoxy) is 3. The molecule has 0 aromatic heterocycles. The van der Waals surface area contributed by atoms with Crippen molar-refractivity contribution in [1.29, 1.82) is 0 Å². The molecule has 7 N–H and O–H groups in total. The number of hydrogen-bond donors (Lipinski definition) is 7. The first-order valence-electron chi connectivity index (χ1n) is 6.97. The molecule has 22 heavy (non-hydrogen) atoms. The molecule has 130 valence electrons. The van der Waals surface area contributed by atoms with Crippen LogP contribution in [-0.4, -0.2) is 104 Å². The van der Waals surface area contributed by atoms with Crippen molar-refractivity contribution in [3.63, 3.8) is 0 Å². The molecule has 0 aliphatic carbocycles. The number of aliphatic hydroxyl groups excluding tert-OH is 7. The minimum atomic E-state index is -1.63. The first-order chi connectivity index (χ1) is 10.4. The van der Waals surface area contributed by atoms with Gasteiger partial charge < -0.3 is 50.0 Å². The summed E-state index contributed by atoms with van der Waals surface area (Å²) in [7, 11) is 0. The molecule has 0 radical (unpaired) electrons. The molecule has 2 aliphatic heterocycles. The first-order valence-corrected chi connectivity index (χ1v) is 6.97. The van der Waals surface area contributed by atoms with Crippen LogP contribution in [0.3, 0.4) is 0 Å². The van der Waals surface area contributed by atoms with Crippen LogP contribution in [0.5, 0.6) is 0 Å². The number of rotatable bonds is 4. The van der Waals surface area contributed by atoms with E-state index in [1.165, 1.54) is 0 Å². The molecule has 0 aromatic carbocycles. The zero-order chi connectivity index (χ0) is 16.4. The Hall–Kier alpha value is -0.400. The van der Waals surface area contributed by atoms with Crippen LogP contribution in [0.1, 0.15) is 6.42 Å². The summed E-state index contributed by atoms with van der Waals surface area (Å²) in [6.07, 6.45) is -12.2. The van der Waals surface area contributed by atoms with Gasteiger partial charge in [0.15, 0.2) is 12.6 Å². The minimum Gasteiger partial charge on any atom is -0.394 e. The largest absolute Gasteiger partial charge is 0.394 e. The van der Waals surface area contributed by atoms with Gasteiger partial charge in [-0.05, 0) is 0 Å². The number of hydrogen-bond acceptors (Lipinski definition) is 10. The molecule has 0 saturated carbocycles. The second-order valence-corrected chi connectivity index (χ2v) is 5.41. The van der Waals surface area contributed by atoms with Crippen LogP contribution < -0.4 is 0 Å². The molecule has 0 bridgehead atoms. The highest BCUT2D eigenvalue weighted by molar-refractivity contribution is 4.91. The summed E-state index contributed by atoms with van der Waals surface area (Å²) in [5, 5.41) is 66.8. The summed E-state index contributed by atoms with van der Waals surface area (Å²) < 4.78 is 15.5. The lowest BCUT2D eigenvalue weighted by Crippen LogP contribution is -2.62. The second-order valence-electron chi connectivity index (χ2n) is 5.41. The van der Waals surface area contributed by atoms with Gasteiger partial charge in [-0.3, -0.25) is 0 Å². The highest BCUT2D eigenvalue weighted by Crippen LogP contribution is 2.28. The maximum Gasteiger partial charge on any atom is 0.187 e. The first kappa shape index (κ1) is 17.9. The van der Waals surface area contributed by atoms with Crippen molar-refractivity contribution in [2.75, 3.05) is 13.2 Å². The molecule has 2 fully saturated rings. The Morgan fingerprint density at radius 1 is 0.818 bits per heavy atom. The van der Waals surface area contributed by atoms with Gasteiger partial charge in [0.2, 0.25) is 0 Å². The Kier molecular flexibility index (Phi) is 6.07. The van der Waals surface area contributed by atoms with Crippen molar-refractivity contribution in [3.8, 4) is 0 Å². The molecule has 0 amide bonds. The standard InChI is InChI=1S/C12H22O10/c13-2-5-8(17)9(18)10(19)12(21-5)22-11-4(15)1-7(16)20-6(11)3-14/h4-19H,1-3H2/t4-,5-,6-,7?,8-,9+,10-,11-,12+/m1/s1. The quantitative estimate of drug-likeness (QED) is 0.268. The molecule has 2 saturated heterocycles. The molecule has 9 atom stereocenters. The van der Waals surface area contributed by atoms with Crippen molar-refractivity contribution in [1.82, 2.24) is 0 Å². The van der Waals surface area contributed by atoms with E-state index in [0.717, 1.165) is 0 Å². The minimum absolute atomic E-state index is 0.168. The molecule has 10 nitrogen and oxygen atoms in total. The third-order valence-electron chi connectivity index (χ3n) is 3.84. The van der Waals surface area contributed by atoms with Crippen LogP contribution in [0.15, 0.2) is 0 Å². The molecular weight excluding hydrogens is 304 g/mol. The zero-order valence-electron chi connectivity index (χ0n) is 11.7. The van der Waals surface area contributed by atoms with Gasteiger partial charge in [-0.15, -0.1) is 0 Å². The Labute approximate surface area is 126 Å². The van der Waals surface area contributed by atoms with E-state index in [1.54, 1.807) is 0 Å². The lowest BCUT2D eigenvalue weighted by Gasteiger charge is -2.44. The fourth-order valence-electron chi connectivity index (χ4n) is 2.58. The van der Waals surface area contributed by atoms with Crippen molar-refractivity contribution < 1.29 is 50.0 Å². The maximum absolute atomic E-state index is 9.92. The van der Waals surface area contributed by atoms with E-state index in [9.17, 15) is 30.6 Å². The zero-order valence-corrected chi connectivity index (χ0v) is 11.7. The third kappa shape index (κ3) is 3.57. The highest BCUT2D eigenvalue weighted by atomic mass is 16.7. The molecular formula is C12H22O10. The van der Waals surface area contributed by atoms with Crippen molar-refractivity contribution in [2.24, 2.45) is 0 Å². The summed E-state index contributed by atoms with van der Waals surface area (Å²) in [4.78, 5) is 0. The summed E-state index contributed by atoms with van der Waals surface area (Å²) >= 11 is 0. The SMILES string of the molecule is OC[C@H]1O[C@@H](O[C@@H]2[C@H](O)CC(O)O[C@@H]2CO)[C@H](O)[C@@H](O)[C@@H]1O. The molecule has 1 unspecified atom stereocenters. The summed E-state index contributed by atoms with van der Waals surface area (Å²) in [6.45, 7) is -1.17. The Morgan fingerprint density at radius 2 is 1.45 bits per heavy atom. The van der Waals surface area contributed by atoms with Crippen LogP contribution in [0, 0.1) is 0 Å². The predicted molar refractivity (Wildman–Crippen MR) is 67.2 cm³/mol. The van der Waals surface area contributed by atoms with Gasteiger partial charge >= 0.3 is 0 Å². The van der Waals surface area contributed by atoms with Crippen LogP contribution >= 0.6 is 0 Å². The lowest BCUT2D eigenvalue weighted by molar-refractivity contribution is -0.342. The van der Waals surface area contributed by atoms with E-state index in [2.05, 4.69) is 0 Å². The number of aliphatic hydroxyl groups is 7. The highest BCUT2D eigenvalue weighted by Gasteiger charge is 2.47. The maximum atomic E-state index is 9.92. The van der Waals surface area contributed by atoms with Gasteiger partial charge in [0.25, 0.3) is 0 Å². The smallest absolute Gasteiger partial charge is 0.187 e. The van der Waals surface area contributed by atoms with E-state index < -0.39 is 68.5 Å². The van der Waals surface area contributed by atoms with E-state index in [1.807, 2.05) is 0 Å². The molecule has 0 aromatic rings. The summed E-state index contributed by atoms with van der Waals surface area (Å²) in [5.41, 5.74) is 0. The fraction of sp³-hybridized carbons (Fsp3) is 1.00. The molecule has 2 aliphatic rings. The van der Waals surface area contributed by atoms with E-state index in [4.69, 9.17) is 19.3 Å². The van der Waals surface area contributed by atoms with Gasteiger partial charge in [-0.1, -0.05) is 0 Å². The van der Waals surface area contributed by atoms with Crippen molar-refractivity contribution in [3.05, 3.63) is 0 Å². The monoisotopic (exact) mass is 326 g/mol. The van der Waals surface area contributed by atoms with Gasteiger partial charge in [0, 0.05) is 6.42 Å². The van der Waals surface area contributed by atoms with E-state index in [-0.39, 0.29) is 6.42 Å². The summed E-state index contributed by atoms with van der Waals surface area (Å²) in [6, 6.07) is 0. The Bertz CT molecular complexity index is 353. The summed E-state index contributed by atoms with van der Waals surface area (Å²) in [5.74, 6) is 0. The average Bonchev–Trinajstić information content (AvgIpc) is 2.49. The van der Waals surface area contributed by atoms with Crippen LogP contribution in [0.2, 0.25) is 0 Å². The van der Waals surface area contributed by atoms with Crippen molar-refractivity contribution >= 4 is 0 Å². The molecule has 10 heteroatoms. The normalized spacial score (nSPS) is 50.0. The fourth-order valence-corrected chi connectivity index (χ4v) is 2.58. The van der Waals surface area contributed by atoms with Gasteiger partial charge in [-0.25, -0.2) is 0 Å². The van der Waals surface area contributed by atoms with E-state index >= 15 is 0 Å². The third-order valence-corrected chi connectivity index (χ3v) is 3.84. The predicted octanol–water partition coefficient (Wildman–Crippen LogP) is -4.37. The van der Waals surface area contributed by atoms with Gasteiger partial charge in [0.1, 0.15) is 36.6 Å². The van der Waals surface area contributed by atoms with Crippen LogP contribution in [0.4, 0.5) is 0 Å². The van der Waals surface area contributed by atoms with Crippen molar-refractivity contribution in [2.45, 2.75) is 61.7 Å².